The van der Waals surface area contributed by atoms with Crippen molar-refractivity contribution >= 4 is 17.7 Å². The van der Waals surface area contributed by atoms with E-state index >= 15 is 0 Å². The Balaban J connectivity index is 1.94. The Morgan fingerprint density at radius 3 is 2.42 bits per heavy atom. The van der Waals surface area contributed by atoms with E-state index < -0.39 is 0 Å². The van der Waals surface area contributed by atoms with Gasteiger partial charge < -0.3 is 15.9 Å². The molecule has 2 aromatic rings. The Kier molecular flexibility index (Phi) is 6.90. The molecule has 2 rings (SSSR count). The van der Waals surface area contributed by atoms with Crippen LogP contribution in [0.25, 0.3) is 0 Å². The molecule has 1 unspecified atom stereocenters. The van der Waals surface area contributed by atoms with Gasteiger partial charge in [0.05, 0.1) is 5.25 Å². The van der Waals surface area contributed by atoms with Crippen LogP contribution in [-0.2, 0) is 11.4 Å². The topological polar surface area (TPSA) is 95.1 Å². The molecule has 0 aliphatic heterocycles. The Hall–Kier alpha value is -2.22. The second-order valence-electron chi connectivity index (χ2n) is 6.70. The van der Waals surface area contributed by atoms with Crippen LogP contribution >= 0.6 is 11.8 Å². The second kappa shape index (κ2) is 8.93. The summed E-state index contributed by atoms with van der Waals surface area (Å²) in [4.78, 5) is 12.0. The summed E-state index contributed by atoms with van der Waals surface area (Å²) < 4.78 is 7.10. The normalized spacial score (nSPS) is 12.4. The molecule has 0 aliphatic rings. The van der Waals surface area contributed by atoms with Crippen molar-refractivity contribution in [2.45, 2.75) is 63.6 Å². The van der Waals surface area contributed by atoms with Crippen LogP contribution in [0.1, 0.15) is 51.9 Å². The number of amides is 1. The number of benzene rings is 1. The summed E-state index contributed by atoms with van der Waals surface area (Å²) in [5.41, 5.74) is 1.26. The van der Waals surface area contributed by atoms with Crippen molar-refractivity contribution in [1.29, 1.82) is 0 Å². The zero-order chi connectivity index (χ0) is 19.3. The Bertz CT molecular complexity index is 728. The standard InChI is InChI=1S/C18H27N5O2S/c1-11(2)14-6-8-15(9-7-14)25-10-16-21-22-18(23(16)19)26-13(5)17(24)20-12(3)4/h6-9,11-13H,10,19H2,1-5H3,(H,20,24). The molecule has 1 aromatic carbocycles. The monoisotopic (exact) mass is 377 g/mol. The van der Waals surface area contributed by atoms with Crippen molar-refractivity contribution < 1.29 is 9.53 Å². The molecular formula is C18H27N5O2S. The molecule has 0 saturated carbocycles. The summed E-state index contributed by atoms with van der Waals surface area (Å²) in [6.45, 7) is 10.2. The third kappa shape index (κ3) is 5.39. The maximum Gasteiger partial charge on any atom is 0.233 e. The van der Waals surface area contributed by atoms with Gasteiger partial charge in [-0.25, -0.2) is 4.68 Å². The summed E-state index contributed by atoms with van der Waals surface area (Å²) in [7, 11) is 0. The molecule has 3 N–H and O–H groups in total. The third-order valence-electron chi connectivity index (χ3n) is 3.73. The molecule has 26 heavy (non-hydrogen) atoms. The van der Waals surface area contributed by atoms with Crippen LogP contribution in [-0.4, -0.2) is 32.1 Å². The number of nitrogen functional groups attached to an aromatic ring is 1. The first-order chi connectivity index (χ1) is 12.3. The number of aromatic nitrogens is 3. The first kappa shape index (κ1) is 20.1. The number of nitrogens with zero attached hydrogens (tertiary/aromatic N) is 3. The Labute approximate surface area is 158 Å². The van der Waals surface area contributed by atoms with Crippen LogP contribution in [0.4, 0.5) is 0 Å². The van der Waals surface area contributed by atoms with Gasteiger partial charge in [0.15, 0.2) is 5.82 Å². The highest BCUT2D eigenvalue weighted by molar-refractivity contribution is 8.00. The van der Waals surface area contributed by atoms with Crippen LogP contribution < -0.4 is 15.9 Å². The average molecular weight is 378 g/mol. The van der Waals surface area contributed by atoms with Gasteiger partial charge in [0.2, 0.25) is 11.1 Å². The molecule has 1 heterocycles. The Morgan fingerprint density at radius 2 is 1.85 bits per heavy atom. The van der Waals surface area contributed by atoms with Gasteiger partial charge in [-0.05, 0) is 44.4 Å². The van der Waals surface area contributed by atoms with Crippen molar-refractivity contribution in [3.05, 3.63) is 35.7 Å². The van der Waals surface area contributed by atoms with E-state index in [2.05, 4.69) is 29.4 Å². The zero-order valence-corrected chi connectivity index (χ0v) is 16.7. The van der Waals surface area contributed by atoms with E-state index in [0.29, 0.717) is 16.9 Å². The molecule has 8 heteroatoms. The summed E-state index contributed by atoms with van der Waals surface area (Å²) in [5.74, 6) is 7.70. The fraction of sp³-hybridized carbons (Fsp3) is 0.500. The predicted molar refractivity (Wildman–Crippen MR) is 104 cm³/mol. The molecule has 0 fully saturated rings. The molecule has 0 radical (unpaired) electrons. The van der Waals surface area contributed by atoms with E-state index in [4.69, 9.17) is 10.6 Å². The highest BCUT2D eigenvalue weighted by Gasteiger charge is 2.20. The first-order valence-electron chi connectivity index (χ1n) is 8.67. The number of ether oxygens (including phenoxy) is 1. The summed E-state index contributed by atoms with van der Waals surface area (Å²) in [5, 5.41) is 11.1. The van der Waals surface area contributed by atoms with E-state index in [1.807, 2.05) is 45.0 Å². The highest BCUT2D eigenvalue weighted by atomic mass is 32.2. The van der Waals surface area contributed by atoms with E-state index in [0.717, 1.165) is 5.75 Å². The smallest absolute Gasteiger partial charge is 0.233 e. The minimum absolute atomic E-state index is 0.0592. The molecule has 0 aliphatic carbocycles. The number of nitrogens with one attached hydrogen (secondary N) is 1. The molecule has 0 spiro atoms. The van der Waals surface area contributed by atoms with Crippen LogP contribution in [0.15, 0.2) is 29.4 Å². The summed E-state index contributed by atoms with van der Waals surface area (Å²) in [6, 6.07) is 8.04. The van der Waals surface area contributed by atoms with Gasteiger partial charge in [0, 0.05) is 6.04 Å². The Morgan fingerprint density at radius 1 is 1.19 bits per heavy atom. The lowest BCUT2D eigenvalue weighted by molar-refractivity contribution is -0.120. The van der Waals surface area contributed by atoms with Crippen molar-refractivity contribution in [3.63, 3.8) is 0 Å². The first-order valence-corrected chi connectivity index (χ1v) is 9.55. The number of nitrogens with two attached hydrogens (primary N) is 1. The number of hydrogen-bond acceptors (Lipinski definition) is 6. The molecule has 0 saturated heterocycles. The van der Waals surface area contributed by atoms with Gasteiger partial charge >= 0.3 is 0 Å². The molecule has 0 bridgehead atoms. The van der Waals surface area contributed by atoms with Crippen molar-refractivity contribution in [2.75, 3.05) is 5.84 Å². The summed E-state index contributed by atoms with van der Waals surface area (Å²) >= 11 is 1.26. The number of rotatable bonds is 8. The number of hydrogen-bond donors (Lipinski definition) is 2. The molecular weight excluding hydrogens is 350 g/mol. The van der Waals surface area contributed by atoms with Crippen molar-refractivity contribution in [2.24, 2.45) is 0 Å². The van der Waals surface area contributed by atoms with Crippen LogP contribution in [0.2, 0.25) is 0 Å². The van der Waals surface area contributed by atoms with Gasteiger partial charge in [-0.2, -0.15) is 0 Å². The minimum Gasteiger partial charge on any atom is -0.486 e. The largest absolute Gasteiger partial charge is 0.486 e. The molecule has 7 nitrogen and oxygen atoms in total. The maximum atomic E-state index is 12.0. The van der Waals surface area contributed by atoms with Gasteiger partial charge in [0.25, 0.3) is 0 Å². The molecule has 142 valence electrons. The summed E-state index contributed by atoms with van der Waals surface area (Å²) in [6.07, 6.45) is 0. The number of thioether (sulfide) groups is 1. The van der Waals surface area contributed by atoms with Crippen molar-refractivity contribution in [1.82, 2.24) is 20.2 Å². The highest BCUT2D eigenvalue weighted by Crippen LogP contribution is 2.22. The van der Waals surface area contributed by atoms with Gasteiger partial charge in [-0.1, -0.05) is 37.7 Å². The van der Waals surface area contributed by atoms with E-state index in [1.54, 1.807) is 0 Å². The lowest BCUT2D eigenvalue weighted by Crippen LogP contribution is -2.36. The quantitative estimate of drug-likeness (QED) is 0.542. The average Bonchev–Trinajstić information content (AvgIpc) is 2.92. The van der Waals surface area contributed by atoms with Crippen LogP contribution in [0, 0.1) is 0 Å². The molecule has 1 aromatic heterocycles. The lowest BCUT2D eigenvalue weighted by Gasteiger charge is -2.13. The molecule has 1 amide bonds. The zero-order valence-electron chi connectivity index (χ0n) is 15.9. The SMILES string of the molecule is CC(C)NC(=O)C(C)Sc1nnc(COc2ccc(C(C)C)cc2)n1N. The molecule has 1 atom stereocenters. The van der Waals surface area contributed by atoms with Crippen LogP contribution in [0.5, 0.6) is 5.75 Å². The van der Waals surface area contributed by atoms with Gasteiger partial charge in [-0.15, -0.1) is 10.2 Å². The van der Waals surface area contributed by atoms with E-state index in [1.165, 1.54) is 22.0 Å². The number of carbonyl (C=O) groups is 1. The number of carbonyl (C=O) groups excluding carboxylic acids is 1. The van der Waals surface area contributed by atoms with Gasteiger partial charge in [-0.3, -0.25) is 4.79 Å². The van der Waals surface area contributed by atoms with Crippen molar-refractivity contribution in [3.8, 4) is 5.75 Å². The fourth-order valence-electron chi connectivity index (χ4n) is 2.20. The van der Waals surface area contributed by atoms with E-state index in [9.17, 15) is 4.79 Å². The van der Waals surface area contributed by atoms with E-state index in [-0.39, 0.29) is 23.8 Å². The predicted octanol–water partition coefficient (Wildman–Crippen LogP) is 2.70. The second-order valence-corrected chi connectivity index (χ2v) is 8.01. The minimum atomic E-state index is -0.318. The van der Waals surface area contributed by atoms with Crippen LogP contribution in [0.3, 0.4) is 0 Å². The third-order valence-corrected chi connectivity index (χ3v) is 4.79. The maximum absolute atomic E-state index is 12.0. The van der Waals surface area contributed by atoms with Gasteiger partial charge in [0.1, 0.15) is 12.4 Å². The lowest BCUT2D eigenvalue weighted by atomic mass is 10.0. The fourth-order valence-corrected chi connectivity index (χ4v) is 2.99.